The lowest BCUT2D eigenvalue weighted by Gasteiger charge is -2.41. The average molecular weight is 398 g/mol. The second-order valence-corrected chi connectivity index (χ2v) is 8.85. The van der Waals surface area contributed by atoms with Crippen LogP contribution in [0.2, 0.25) is 0 Å². The van der Waals surface area contributed by atoms with Gasteiger partial charge in [-0.25, -0.2) is 0 Å². The van der Waals surface area contributed by atoms with Crippen LogP contribution < -0.4 is 4.74 Å². The van der Waals surface area contributed by atoms with E-state index in [1.54, 1.807) is 7.11 Å². The number of rotatable bonds is 4. The highest BCUT2D eigenvalue weighted by molar-refractivity contribution is 6.08. The number of likely N-dealkylation sites (tertiary alicyclic amines) is 2. The lowest BCUT2D eigenvalue weighted by Crippen LogP contribution is -2.49. The van der Waals surface area contributed by atoms with Gasteiger partial charge in [0.1, 0.15) is 5.75 Å². The van der Waals surface area contributed by atoms with Crippen LogP contribution in [0.5, 0.6) is 5.75 Å². The zero-order valence-electron chi connectivity index (χ0n) is 18.4. The van der Waals surface area contributed by atoms with Gasteiger partial charge < -0.3 is 14.2 Å². The molecule has 5 nitrogen and oxygen atoms in total. The number of piperidine rings is 2. The molecule has 0 saturated carbocycles. The summed E-state index contributed by atoms with van der Waals surface area (Å²) in [5.41, 5.74) is 3.03. The highest BCUT2D eigenvalue weighted by Crippen LogP contribution is 2.31. The molecule has 3 heterocycles. The van der Waals surface area contributed by atoms with Gasteiger partial charge in [0.25, 0.3) is 5.91 Å². The fourth-order valence-corrected chi connectivity index (χ4v) is 5.42. The minimum atomic E-state index is 0.179. The Morgan fingerprint density at radius 2 is 1.93 bits per heavy atom. The Morgan fingerprint density at radius 1 is 1.17 bits per heavy atom. The smallest absolute Gasteiger partial charge is 0.256 e. The molecule has 0 bridgehead atoms. The van der Waals surface area contributed by atoms with E-state index in [0.29, 0.717) is 6.04 Å². The van der Waals surface area contributed by atoms with Crippen molar-refractivity contribution in [2.45, 2.75) is 59.0 Å². The van der Waals surface area contributed by atoms with Crippen LogP contribution in [-0.2, 0) is 6.54 Å². The first-order valence-corrected chi connectivity index (χ1v) is 11.2. The Morgan fingerprint density at radius 3 is 2.59 bits per heavy atom. The van der Waals surface area contributed by atoms with Gasteiger partial charge in [-0.3, -0.25) is 9.69 Å². The van der Waals surface area contributed by atoms with Gasteiger partial charge in [-0.15, -0.1) is 0 Å². The SMILES string of the molecule is CCn1c(C)c(C(=O)N2CCC(N3CCCC(C)C3)CC2)c2cc(OC)ccc21. The first kappa shape index (κ1) is 20.3. The number of carbonyl (C=O) groups is 1. The number of hydrogen-bond acceptors (Lipinski definition) is 3. The standard InChI is InChI=1S/C24H35N3O2/c1-5-27-18(3)23(21-15-20(29-4)8-9-22(21)27)24(28)25-13-10-19(11-14-25)26-12-6-7-17(2)16-26/h8-9,15,17,19H,5-7,10-14,16H2,1-4H3. The molecule has 2 fully saturated rings. The molecule has 29 heavy (non-hydrogen) atoms. The maximum atomic E-state index is 13.6. The third-order valence-corrected chi connectivity index (χ3v) is 7.02. The maximum absolute atomic E-state index is 13.6. The quantitative estimate of drug-likeness (QED) is 0.771. The first-order valence-electron chi connectivity index (χ1n) is 11.2. The van der Waals surface area contributed by atoms with Gasteiger partial charge in [-0.1, -0.05) is 6.92 Å². The number of aromatic nitrogens is 1. The molecule has 0 spiro atoms. The Hall–Kier alpha value is -2.01. The minimum absolute atomic E-state index is 0.179. The lowest BCUT2D eigenvalue weighted by molar-refractivity contribution is 0.0542. The van der Waals surface area contributed by atoms with Gasteiger partial charge in [-0.05, 0) is 70.2 Å². The summed E-state index contributed by atoms with van der Waals surface area (Å²) >= 11 is 0. The largest absolute Gasteiger partial charge is 0.497 e. The number of aryl methyl sites for hydroxylation is 1. The maximum Gasteiger partial charge on any atom is 0.256 e. The van der Waals surface area contributed by atoms with Crippen LogP contribution in [0.15, 0.2) is 18.2 Å². The number of benzene rings is 1. The van der Waals surface area contributed by atoms with Gasteiger partial charge in [0.05, 0.1) is 12.7 Å². The first-order chi connectivity index (χ1) is 14.0. The van der Waals surface area contributed by atoms with Crippen LogP contribution in [0, 0.1) is 12.8 Å². The fourth-order valence-electron chi connectivity index (χ4n) is 5.42. The zero-order chi connectivity index (χ0) is 20.5. The van der Waals surface area contributed by atoms with Gasteiger partial charge in [-0.2, -0.15) is 0 Å². The van der Waals surface area contributed by atoms with E-state index in [-0.39, 0.29) is 5.91 Å². The number of fused-ring (bicyclic) bond motifs is 1. The summed E-state index contributed by atoms with van der Waals surface area (Å²) in [6.45, 7) is 11.6. The third kappa shape index (κ3) is 3.77. The molecule has 1 amide bonds. The summed E-state index contributed by atoms with van der Waals surface area (Å²) in [4.78, 5) is 18.3. The van der Waals surface area contributed by atoms with Crippen LogP contribution in [0.3, 0.4) is 0 Å². The molecule has 0 N–H and O–H groups in total. The second-order valence-electron chi connectivity index (χ2n) is 8.85. The van der Waals surface area contributed by atoms with E-state index in [1.165, 1.54) is 25.9 Å². The number of methoxy groups -OCH3 is 1. The van der Waals surface area contributed by atoms with E-state index in [0.717, 1.165) is 66.3 Å². The van der Waals surface area contributed by atoms with Crippen molar-refractivity contribution in [3.8, 4) is 5.75 Å². The van der Waals surface area contributed by atoms with Crippen molar-refractivity contribution >= 4 is 16.8 Å². The second kappa shape index (κ2) is 8.39. The molecular formula is C24H35N3O2. The molecule has 1 aromatic heterocycles. The molecule has 2 aromatic rings. The Kier molecular flexibility index (Phi) is 5.86. The van der Waals surface area contributed by atoms with Crippen LogP contribution in [0.25, 0.3) is 10.9 Å². The molecule has 0 aliphatic carbocycles. The summed E-state index contributed by atoms with van der Waals surface area (Å²) in [7, 11) is 1.68. The van der Waals surface area contributed by atoms with Crippen molar-refractivity contribution in [3.05, 3.63) is 29.5 Å². The van der Waals surface area contributed by atoms with Crippen molar-refractivity contribution in [1.82, 2.24) is 14.4 Å². The highest BCUT2D eigenvalue weighted by atomic mass is 16.5. The number of carbonyl (C=O) groups excluding carboxylic acids is 1. The van der Waals surface area contributed by atoms with Crippen LogP contribution in [-0.4, -0.2) is 59.6 Å². The van der Waals surface area contributed by atoms with Gasteiger partial charge in [0, 0.05) is 48.8 Å². The Bertz CT molecular complexity index is 880. The average Bonchev–Trinajstić information content (AvgIpc) is 3.03. The normalized spacial score (nSPS) is 21.7. The lowest BCUT2D eigenvalue weighted by atomic mass is 9.95. The van der Waals surface area contributed by atoms with Crippen LogP contribution in [0.4, 0.5) is 0 Å². The van der Waals surface area contributed by atoms with E-state index < -0.39 is 0 Å². The minimum Gasteiger partial charge on any atom is -0.497 e. The Balaban J connectivity index is 1.54. The molecule has 1 unspecified atom stereocenters. The van der Waals surface area contributed by atoms with Crippen molar-refractivity contribution in [2.24, 2.45) is 5.92 Å². The molecule has 0 radical (unpaired) electrons. The van der Waals surface area contributed by atoms with E-state index in [2.05, 4.69) is 41.2 Å². The van der Waals surface area contributed by atoms with Crippen LogP contribution >= 0.6 is 0 Å². The molecule has 2 saturated heterocycles. The highest BCUT2D eigenvalue weighted by Gasteiger charge is 2.31. The summed E-state index contributed by atoms with van der Waals surface area (Å²) < 4.78 is 7.68. The molecule has 1 aromatic carbocycles. The summed E-state index contributed by atoms with van der Waals surface area (Å²) in [5, 5.41) is 1.01. The topological polar surface area (TPSA) is 37.7 Å². The number of amides is 1. The van der Waals surface area contributed by atoms with E-state index in [4.69, 9.17) is 4.74 Å². The fraction of sp³-hybridized carbons (Fsp3) is 0.625. The van der Waals surface area contributed by atoms with Gasteiger partial charge >= 0.3 is 0 Å². The third-order valence-electron chi connectivity index (χ3n) is 7.02. The number of nitrogens with zero attached hydrogens (tertiary/aromatic N) is 3. The van der Waals surface area contributed by atoms with Crippen molar-refractivity contribution in [2.75, 3.05) is 33.3 Å². The molecule has 1 atom stereocenters. The predicted octanol–water partition coefficient (Wildman–Crippen LogP) is 4.31. The molecule has 4 rings (SSSR count). The molecule has 5 heteroatoms. The van der Waals surface area contributed by atoms with Crippen molar-refractivity contribution in [3.63, 3.8) is 0 Å². The Labute approximate surface area is 174 Å². The summed E-state index contributed by atoms with van der Waals surface area (Å²) in [6, 6.07) is 6.71. The monoisotopic (exact) mass is 397 g/mol. The van der Waals surface area contributed by atoms with E-state index in [9.17, 15) is 4.79 Å². The molecule has 158 valence electrons. The number of hydrogen-bond donors (Lipinski definition) is 0. The predicted molar refractivity (Wildman–Crippen MR) is 118 cm³/mol. The molecule has 2 aliphatic rings. The van der Waals surface area contributed by atoms with Crippen LogP contribution in [0.1, 0.15) is 55.6 Å². The van der Waals surface area contributed by atoms with Gasteiger partial charge in [0.15, 0.2) is 0 Å². The van der Waals surface area contributed by atoms with Crippen molar-refractivity contribution in [1.29, 1.82) is 0 Å². The summed E-state index contributed by atoms with van der Waals surface area (Å²) in [6.07, 6.45) is 4.86. The van der Waals surface area contributed by atoms with E-state index in [1.807, 2.05) is 12.1 Å². The molecule has 2 aliphatic heterocycles. The molecular weight excluding hydrogens is 362 g/mol. The van der Waals surface area contributed by atoms with Gasteiger partial charge in [0.2, 0.25) is 0 Å². The van der Waals surface area contributed by atoms with E-state index >= 15 is 0 Å². The van der Waals surface area contributed by atoms with Crippen molar-refractivity contribution < 1.29 is 9.53 Å². The zero-order valence-corrected chi connectivity index (χ0v) is 18.4. The number of ether oxygens (including phenoxy) is 1. The summed E-state index contributed by atoms with van der Waals surface area (Å²) in [5.74, 6) is 1.79.